The van der Waals surface area contributed by atoms with Gasteiger partial charge in [0.25, 0.3) is 0 Å². The Labute approximate surface area is 99.4 Å². The summed E-state index contributed by atoms with van der Waals surface area (Å²) in [6.45, 7) is -2.32. The number of amidine groups is 1. The predicted octanol–water partition coefficient (Wildman–Crippen LogP) is 2.13. The summed E-state index contributed by atoms with van der Waals surface area (Å²) in [5.74, 6) is -3.50. The Morgan fingerprint density at radius 3 is 2.00 bits per heavy atom. The van der Waals surface area contributed by atoms with Gasteiger partial charge in [0.2, 0.25) is 0 Å². The molecule has 0 radical (unpaired) electrons. The first-order chi connectivity index (χ1) is 8.00. The van der Waals surface area contributed by atoms with Crippen LogP contribution in [0.1, 0.15) is 12.8 Å². The molecular weight excluding hydrogens is 264 g/mol. The zero-order valence-corrected chi connectivity index (χ0v) is 9.28. The highest BCUT2D eigenvalue weighted by molar-refractivity contribution is 5.80. The van der Waals surface area contributed by atoms with E-state index in [0.717, 1.165) is 0 Å². The van der Waals surface area contributed by atoms with Crippen LogP contribution in [-0.4, -0.2) is 42.2 Å². The van der Waals surface area contributed by atoms with Gasteiger partial charge >= 0.3 is 12.4 Å². The van der Waals surface area contributed by atoms with Crippen LogP contribution < -0.4 is 5.73 Å². The molecule has 1 atom stereocenters. The van der Waals surface area contributed by atoms with E-state index >= 15 is 0 Å². The lowest BCUT2D eigenvalue weighted by Crippen LogP contribution is -2.47. The van der Waals surface area contributed by atoms with Gasteiger partial charge in [-0.1, -0.05) is 0 Å². The first-order valence-electron chi connectivity index (χ1n) is 5.22. The van der Waals surface area contributed by atoms with Gasteiger partial charge in [0, 0.05) is 12.6 Å². The van der Waals surface area contributed by atoms with Crippen molar-refractivity contribution in [3.63, 3.8) is 0 Å². The summed E-state index contributed by atoms with van der Waals surface area (Å²) in [4.78, 5) is 0.708. The summed E-state index contributed by atoms with van der Waals surface area (Å²) in [6.07, 6.45) is -8.47. The molecule has 0 aromatic carbocycles. The Morgan fingerprint density at radius 1 is 1.22 bits per heavy atom. The third-order valence-electron chi connectivity index (χ3n) is 2.63. The summed E-state index contributed by atoms with van der Waals surface area (Å²) >= 11 is 0. The van der Waals surface area contributed by atoms with Crippen LogP contribution in [0.2, 0.25) is 0 Å². The van der Waals surface area contributed by atoms with Crippen LogP contribution in [0.3, 0.4) is 0 Å². The molecule has 0 bridgehead atoms. The zero-order valence-electron chi connectivity index (χ0n) is 9.28. The van der Waals surface area contributed by atoms with Crippen molar-refractivity contribution >= 4 is 5.84 Å². The largest absolute Gasteiger partial charge is 0.401 e. The van der Waals surface area contributed by atoms with Gasteiger partial charge in [0.15, 0.2) is 0 Å². The van der Waals surface area contributed by atoms with Crippen LogP contribution in [0.4, 0.5) is 26.3 Å². The van der Waals surface area contributed by atoms with Gasteiger partial charge in [-0.05, 0) is 12.8 Å². The van der Waals surface area contributed by atoms with Crippen molar-refractivity contribution in [1.82, 2.24) is 4.90 Å². The molecule has 0 aromatic heterocycles. The molecule has 1 aliphatic rings. The molecule has 0 heterocycles. The van der Waals surface area contributed by atoms with E-state index in [0.29, 0.717) is 17.7 Å². The van der Waals surface area contributed by atoms with Crippen LogP contribution in [0.5, 0.6) is 0 Å². The highest BCUT2D eigenvalue weighted by atomic mass is 19.4. The molecule has 9 heteroatoms. The first-order valence-corrected chi connectivity index (χ1v) is 5.22. The maximum atomic E-state index is 12.5. The fourth-order valence-electron chi connectivity index (χ4n) is 1.63. The molecule has 1 unspecified atom stereocenters. The smallest absolute Gasteiger partial charge is 0.387 e. The Hall–Kier alpha value is -0.990. The van der Waals surface area contributed by atoms with Crippen LogP contribution in [0.15, 0.2) is 0 Å². The highest BCUT2D eigenvalue weighted by Crippen LogP contribution is 2.34. The molecule has 3 nitrogen and oxygen atoms in total. The first kappa shape index (κ1) is 15.1. The van der Waals surface area contributed by atoms with E-state index < -0.39 is 43.2 Å². The zero-order chi connectivity index (χ0) is 14.1. The standard InChI is InChI=1S/C9H13F6N3/c10-8(11,12)4-18(5-1-2-5)3-6(7(16)17)9(13,14)15/h5-6H,1-4H2,(H3,16,17). The maximum absolute atomic E-state index is 12.5. The minimum atomic E-state index is -4.80. The van der Waals surface area contributed by atoms with Crippen molar-refractivity contribution in [2.45, 2.75) is 31.2 Å². The Morgan fingerprint density at radius 2 is 1.72 bits per heavy atom. The van der Waals surface area contributed by atoms with Crippen molar-refractivity contribution in [3.8, 4) is 0 Å². The highest BCUT2D eigenvalue weighted by Gasteiger charge is 2.46. The van der Waals surface area contributed by atoms with Crippen molar-refractivity contribution in [3.05, 3.63) is 0 Å². The second-order valence-corrected chi connectivity index (χ2v) is 4.33. The molecule has 18 heavy (non-hydrogen) atoms. The molecule has 0 amide bonds. The average Bonchev–Trinajstić information content (AvgIpc) is 2.89. The molecule has 1 fully saturated rings. The van der Waals surface area contributed by atoms with E-state index in [2.05, 4.69) is 0 Å². The van der Waals surface area contributed by atoms with Crippen LogP contribution in [-0.2, 0) is 0 Å². The topological polar surface area (TPSA) is 53.1 Å². The molecule has 1 saturated carbocycles. The molecule has 0 aromatic rings. The second-order valence-electron chi connectivity index (χ2n) is 4.33. The van der Waals surface area contributed by atoms with Crippen LogP contribution in [0.25, 0.3) is 0 Å². The SMILES string of the molecule is N=C(N)C(CN(CC(F)(F)F)C1CC1)C(F)(F)F. The number of nitrogens with zero attached hydrogens (tertiary/aromatic N) is 1. The van der Waals surface area contributed by atoms with Gasteiger partial charge in [-0.15, -0.1) is 0 Å². The van der Waals surface area contributed by atoms with Crippen molar-refractivity contribution in [2.24, 2.45) is 11.7 Å². The van der Waals surface area contributed by atoms with E-state index in [9.17, 15) is 26.3 Å². The number of hydrogen-bond donors (Lipinski definition) is 2. The Balaban J connectivity index is 2.72. The van der Waals surface area contributed by atoms with Gasteiger partial charge in [0.1, 0.15) is 11.8 Å². The number of rotatable bonds is 5. The molecule has 106 valence electrons. The third-order valence-corrected chi connectivity index (χ3v) is 2.63. The molecule has 1 rings (SSSR count). The number of halogens is 6. The van der Waals surface area contributed by atoms with E-state index in [-0.39, 0.29) is 0 Å². The quantitative estimate of drug-likeness (QED) is 0.459. The lowest BCUT2D eigenvalue weighted by atomic mass is 10.1. The van der Waals surface area contributed by atoms with Crippen LogP contribution >= 0.6 is 0 Å². The summed E-state index contributed by atoms with van der Waals surface area (Å²) in [6, 6.07) is -0.490. The fourth-order valence-corrected chi connectivity index (χ4v) is 1.63. The van der Waals surface area contributed by atoms with E-state index in [1.54, 1.807) is 0 Å². The lowest BCUT2D eigenvalue weighted by molar-refractivity contribution is -0.175. The Bertz CT molecular complexity index is 306. The molecule has 0 spiro atoms. The van der Waals surface area contributed by atoms with Gasteiger partial charge < -0.3 is 5.73 Å². The maximum Gasteiger partial charge on any atom is 0.401 e. The van der Waals surface area contributed by atoms with Crippen LogP contribution in [0, 0.1) is 11.3 Å². The molecular formula is C9H13F6N3. The fraction of sp³-hybridized carbons (Fsp3) is 0.889. The van der Waals surface area contributed by atoms with E-state index in [1.807, 2.05) is 0 Å². The summed E-state index contributed by atoms with van der Waals surface area (Å²) in [7, 11) is 0. The van der Waals surface area contributed by atoms with Gasteiger partial charge in [-0.3, -0.25) is 10.3 Å². The third kappa shape index (κ3) is 4.71. The predicted molar refractivity (Wildman–Crippen MR) is 52.1 cm³/mol. The minimum Gasteiger partial charge on any atom is -0.387 e. The molecule has 0 aliphatic heterocycles. The summed E-state index contributed by atoms with van der Waals surface area (Å²) in [5, 5.41) is 6.84. The van der Waals surface area contributed by atoms with Gasteiger partial charge in [-0.25, -0.2) is 0 Å². The number of hydrogen-bond acceptors (Lipinski definition) is 2. The van der Waals surface area contributed by atoms with Crippen molar-refractivity contribution < 1.29 is 26.3 Å². The van der Waals surface area contributed by atoms with E-state index in [1.165, 1.54) is 0 Å². The molecule has 3 N–H and O–H groups in total. The van der Waals surface area contributed by atoms with Gasteiger partial charge in [-0.2, -0.15) is 26.3 Å². The normalized spacial score (nSPS) is 19.1. The number of nitrogens with two attached hydrogens (primary N) is 1. The number of nitrogens with one attached hydrogen (secondary N) is 1. The summed E-state index contributed by atoms with van der Waals surface area (Å²) < 4.78 is 74.3. The second kappa shape index (κ2) is 4.94. The van der Waals surface area contributed by atoms with E-state index in [4.69, 9.17) is 11.1 Å². The van der Waals surface area contributed by atoms with Crippen molar-refractivity contribution in [1.29, 1.82) is 5.41 Å². The monoisotopic (exact) mass is 277 g/mol. The molecule has 1 aliphatic carbocycles. The summed E-state index contributed by atoms with van der Waals surface area (Å²) in [5.41, 5.74) is 4.81. The Kier molecular flexibility index (Phi) is 4.14. The minimum absolute atomic E-state index is 0.443. The average molecular weight is 277 g/mol. The number of alkyl halides is 6. The van der Waals surface area contributed by atoms with Gasteiger partial charge in [0.05, 0.1) is 6.54 Å². The molecule has 0 saturated heterocycles. The van der Waals surface area contributed by atoms with Crippen molar-refractivity contribution in [2.75, 3.05) is 13.1 Å². The lowest BCUT2D eigenvalue weighted by Gasteiger charge is -2.28.